The summed E-state index contributed by atoms with van der Waals surface area (Å²) in [6.07, 6.45) is 2.56. The molecule has 2 rings (SSSR count). The third kappa shape index (κ3) is 3.52. The highest BCUT2D eigenvalue weighted by Gasteiger charge is 2.00. The summed E-state index contributed by atoms with van der Waals surface area (Å²) in [4.78, 5) is 14.5. The lowest BCUT2D eigenvalue weighted by Gasteiger charge is -2.04. The summed E-state index contributed by atoms with van der Waals surface area (Å²) in [6.45, 7) is 1.90. The molecule has 2 aromatic rings. The normalized spacial score (nSPS) is 10.9. The highest BCUT2D eigenvalue weighted by atomic mass is 16.1. The molecule has 0 saturated heterocycles. The Hall–Kier alpha value is -2.43. The highest BCUT2D eigenvalue weighted by Crippen LogP contribution is 2.17. The molecule has 0 unspecified atom stereocenters. The van der Waals surface area contributed by atoms with E-state index in [4.69, 9.17) is 0 Å². The molecule has 0 aliphatic heterocycles. The third-order valence-electron chi connectivity index (χ3n) is 2.68. The minimum absolute atomic E-state index is 0.226. The predicted octanol–water partition coefficient (Wildman–Crippen LogP) is 1.60. The summed E-state index contributed by atoms with van der Waals surface area (Å²) < 4.78 is 0. The first kappa shape index (κ1) is 13.0. The molecule has 0 amide bonds. The van der Waals surface area contributed by atoms with Crippen molar-refractivity contribution in [2.45, 2.75) is 6.92 Å². The van der Waals surface area contributed by atoms with Gasteiger partial charge in [-0.1, -0.05) is 30.3 Å². The Balaban J connectivity index is 2.14. The molecule has 1 aromatic heterocycles. The first-order valence-electron chi connectivity index (χ1n) is 6.04. The van der Waals surface area contributed by atoms with Gasteiger partial charge in [0.05, 0.1) is 11.4 Å². The number of nitrogens with zero attached hydrogens (tertiary/aromatic N) is 2. The molecule has 4 nitrogen and oxygen atoms in total. The number of benzene rings is 1. The zero-order valence-corrected chi connectivity index (χ0v) is 10.7. The molecule has 0 aliphatic rings. The molecule has 0 atom stereocenters. The number of hydrazone groups is 1. The van der Waals surface area contributed by atoms with Crippen molar-refractivity contribution in [3.05, 3.63) is 54.2 Å². The molecule has 0 bridgehead atoms. The minimum Gasteiger partial charge on any atom is -0.348 e. The van der Waals surface area contributed by atoms with Gasteiger partial charge in [0.15, 0.2) is 0 Å². The fraction of sp³-hybridized carbons (Fsp3) is 0.0714. The largest absolute Gasteiger partial charge is 0.348 e. The fourth-order valence-corrected chi connectivity index (χ4v) is 1.68. The number of carbonyl (C=O) groups is 1. The van der Waals surface area contributed by atoms with Gasteiger partial charge in [0.25, 0.3) is 0 Å². The lowest BCUT2D eigenvalue weighted by molar-refractivity contribution is 0.568. The SMILES string of the molecule is C/C(=N\NBC=O)c1ccc(-c2ccccn2)cc1. The summed E-state index contributed by atoms with van der Waals surface area (Å²) in [5.74, 6) is 0. The van der Waals surface area contributed by atoms with Crippen LogP contribution in [0.1, 0.15) is 12.5 Å². The molecular formula is C14H14BN3O. The van der Waals surface area contributed by atoms with E-state index in [1.165, 1.54) is 0 Å². The van der Waals surface area contributed by atoms with Crippen molar-refractivity contribution in [3.63, 3.8) is 0 Å². The summed E-state index contributed by atoms with van der Waals surface area (Å²) in [5, 5.41) is 6.79. The predicted molar refractivity (Wildman–Crippen MR) is 78.9 cm³/mol. The molecule has 0 radical (unpaired) electrons. The number of hydrogen-bond acceptors (Lipinski definition) is 4. The van der Waals surface area contributed by atoms with E-state index in [1.807, 2.05) is 49.4 Å². The standard InChI is InChI=1S/C14H14BN3O/c1-11(17-18-15-10-19)12-5-7-13(8-6-12)14-4-2-3-9-16-14/h2-10,15,18H,1H3/b17-11+. The summed E-state index contributed by atoms with van der Waals surface area (Å²) in [7, 11) is 0.226. The summed E-state index contributed by atoms with van der Waals surface area (Å²) in [5.41, 5.74) is 3.87. The van der Waals surface area contributed by atoms with Crippen molar-refractivity contribution in [1.29, 1.82) is 0 Å². The second-order valence-electron chi connectivity index (χ2n) is 4.02. The van der Waals surface area contributed by atoms with Crippen LogP contribution in [-0.2, 0) is 4.79 Å². The minimum atomic E-state index is 0.226. The lowest BCUT2D eigenvalue weighted by atomic mass is 10.0. The van der Waals surface area contributed by atoms with Crippen LogP contribution in [-0.4, -0.2) is 24.3 Å². The maximum absolute atomic E-state index is 10.2. The fourth-order valence-electron chi connectivity index (χ4n) is 1.68. The molecule has 1 heterocycles. The van der Waals surface area contributed by atoms with E-state index in [2.05, 4.69) is 15.4 Å². The molecular weight excluding hydrogens is 237 g/mol. The maximum Gasteiger partial charge on any atom is 0.326 e. The number of carbonyl (C=O) groups excluding carboxylic acids is 1. The van der Waals surface area contributed by atoms with Gasteiger partial charge in [-0.25, -0.2) is 0 Å². The zero-order chi connectivity index (χ0) is 13.5. The van der Waals surface area contributed by atoms with Crippen LogP contribution in [0.25, 0.3) is 11.3 Å². The van der Waals surface area contributed by atoms with Crippen molar-refractivity contribution in [2.24, 2.45) is 5.10 Å². The van der Waals surface area contributed by atoms with Gasteiger partial charge in [-0.15, -0.1) is 0 Å². The van der Waals surface area contributed by atoms with Gasteiger partial charge in [0, 0.05) is 11.8 Å². The van der Waals surface area contributed by atoms with Gasteiger partial charge in [-0.2, -0.15) is 5.10 Å². The van der Waals surface area contributed by atoms with Gasteiger partial charge in [0.1, 0.15) is 6.19 Å². The number of pyridine rings is 1. The third-order valence-corrected chi connectivity index (χ3v) is 2.68. The maximum atomic E-state index is 10.2. The van der Waals surface area contributed by atoms with Gasteiger partial charge < -0.3 is 10.1 Å². The van der Waals surface area contributed by atoms with Crippen molar-refractivity contribution in [1.82, 2.24) is 10.3 Å². The summed E-state index contributed by atoms with van der Waals surface area (Å²) >= 11 is 0. The van der Waals surface area contributed by atoms with Gasteiger partial charge in [0.2, 0.25) is 0 Å². The zero-order valence-electron chi connectivity index (χ0n) is 10.7. The molecule has 1 aromatic carbocycles. The average molecular weight is 251 g/mol. The van der Waals surface area contributed by atoms with Gasteiger partial charge in [-0.3, -0.25) is 4.98 Å². The first-order valence-corrected chi connectivity index (χ1v) is 6.04. The molecule has 1 N–H and O–H groups in total. The number of rotatable bonds is 5. The van der Waals surface area contributed by atoms with E-state index in [0.717, 1.165) is 28.7 Å². The lowest BCUT2D eigenvalue weighted by Crippen LogP contribution is -2.15. The van der Waals surface area contributed by atoms with Crippen molar-refractivity contribution < 1.29 is 4.79 Å². The second-order valence-corrected chi connectivity index (χ2v) is 4.02. The van der Waals surface area contributed by atoms with Crippen LogP contribution < -0.4 is 5.34 Å². The smallest absolute Gasteiger partial charge is 0.326 e. The molecule has 0 saturated carbocycles. The topological polar surface area (TPSA) is 54.4 Å². The average Bonchev–Trinajstić information content (AvgIpc) is 2.48. The Morgan fingerprint density at radius 3 is 2.68 bits per heavy atom. The Labute approximate surface area is 112 Å². The molecule has 5 heteroatoms. The van der Waals surface area contributed by atoms with E-state index in [0.29, 0.717) is 0 Å². The second kappa shape index (κ2) is 6.49. The van der Waals surface area contributed by atoms with E-state index in [-0.39, 0.29) is 7.41 Å². The van der Waals surface area contributed by atoms with Crippen LogP contribution in [0, 0.1) is 0 Å². The number of hydrogen-bond donors (Lipinski definition) is 1. The van der Waals surface area contributed by atoms with Crippen molar-refractivity contribution in [2.75, 3.05) is 0 Å². The van der Waals surface area contributed by atoms with E-state index in [9.17, 15) is 4.79 Å². The van der Waals surface area contributed by atoms with Gasteiger partial charge in [-0.05, 0) is 24.6 Å². The molecule has 0 spiro atoms. The highest BCUT2D eigenvalue weighted by molar-refractivity contribution is 6.64. The van der Waals surface area contributed by atoms with Crippen LogP contribution in [0.4, 0.5) is 0 Å². The molecule has 0 aliphatic carbocycles. The molecule has 94 valence electrons. The summed E-state index contributed by atoms with van der Waals surface area (Å²) in [6, 6.07) is 13.8. The monoisotopic (exact) mass is 251 g/mol. The Kier molecular flexibility index (Phi) is 4.45. The van der Waals surface area contributed by atoms with Gasteiger partial charge >= 0.3 is 7.41 Å². The Bertz CT molecular complexity index is 567. The van der Waals surface area contributed by atoms with Crippen molar-refractivity contribution in [3.8, 4) is 11.3 Å². The van der Waals surface area contributed by atoms with Crippen LogP contribution in [0.2, 0.25) is 0 Å². The van der Waals surface area contributed by atoms with E-state index < -0.39 is 0 Å². The first-order chi connectivity index (χ1) is 9.31. The van der Waals surface area contributed by atoms with E-state index in [1.54, 1.807) is 6.20 Å². The number of aromatic nitrogens is 1. The molecule has 0 fully saturated rings. The Morgan fingerprint density at radius 2 is 2.05 bits per heavy atom. The van der Waals surface area contributed by atoms with E-state index >= 15 is 0 Å². The molecule has 19 heavy (non-hydrogen) atoms. The van der Waals surface area contributed by atoms with Crippen LogP contribution >= 0.6 is 0 Å². The quantitative estimate of drug-likeness (QED) is 0.289. The number of nitrogens with one attached hydrogen (secondary N) is 1. The van der Waals surface area contributed by atoms with Crippen molar-refractivity contribution >= 4 is 19.3 Å². The van der Waals surface area contributed by atoms with Crippen LogP contribution in [0.5, 0.6) is 0 Å². The Morgan fingerprint density at radius 1 is 1.26 bits per heavy atom. The van der Waals surface area contributed by atoms with Crippen LogP contribution in [0.3, 0.4) is 0 Å². The van der Waals surface area contributed by atoms with Crippen LogP contribution in [0.15, 0.2) is 53.8 Å².